The Balaban J connectivity index is 1.72. The van der Waals surface area contributed by atoms with Crippen LogP contribution in [0.2, 0.25) is 0 Å². The molecule has 0 N–H and O–H groups in total. The maximum absolute atomic E-state index is 13.1. The minimum Gasteiger partial charge on any atom is -0.329 e. The van der Waals surface area contributed by atoms with Crippen LogP contribution < -0.4 is 0 Å². The average Bonchev–Trinajstić information content (AvgIpc) is 3.08. The van der Waals surface area contributed by atoms with E-state index in [4.69, 9.17) is 4.98 Å². The van der Waals surface area contributed by atoms with Gasteiger partial charge in [0.2, 0.25) is 0 Å². The number of hydrogen-bond acceptors (Lipinski definition) is 2. The quantitative estimate of drug-likeness (QED) is 0.676. The summed E-state index contributed by atoms with van der Waals surface area (Å²) in [6.45, 7) is 2.95. The Labute approximate surface area is 153 Å². The third kappa shape index (κ3) is 2.06. The number of Topliss-reactive ketones (excluding diaryl/α,β-unsaturated/α-hetero) is 1. The van der Waals surface area contributed by atoms with Crippen molar-refractivity contribution in [3.05, 3.63) is 77.7 Å². The fraction of sp³-hybridized carbons (Fsp3) is 0.304. The molecule has 130 valence electrons. The zero-order valence-electron chi connectivity index (χ0n) is 15.0. The topological polar surface area (TPSA) is 34.9 Å². The van der Waals surface area contributed by atoms with Crippen molar-refractivity contribution >= 4 is 5.78 Å². The average molecular weight is 342 g/mol. The summed E-state index contributed by atoms with van der Waals surface area (Å²) in [7, 11) is 0. The van der Waals surface area contributed by atoms with Crippen molar-refractivity contribution in [1.29, 1.82) is 0 Å². The van der Waals surface area contributed by atoms with Gasteiger partial charge < -0.3 is 4.57 Å². The predicted molar refractivity (Wildman–Crippen MR) is 102 cm³/mol. The lowest BCUT2D eigenvalue weighted by molar-refractivity contribution is -0.126. The summed E-state index contributed by atoms with van der Waals surface area (Å²) in [6, 6.07) is 18.8. The van der Waals surface area contributed by atoms with E-state index in [1.165, 1.54) is 11.3 Å². The molecule has 5 rings (SSSR count). The fourth-order valence-corrected chi connectivity index (χ4v) is 4.97. The van der Waals surface area contributed by atoms with Gasteiger partial charge in [-0.25, -0.2) is 4.98 Å². The molecule has 3 heteroatoms. The van der Waals surface area contributed by atoms with E-state index in [0.29, 0.717) is 12.2 Å². The first kappa shape index (κ1) is 15.6. The zero-order chi connectivity index (χ0) is 17.7. The highest BCUT2D eigenvalue weighted by molar-refractivity contribution is 5.96. The first-order chi connectivity index (χ1) is 12.7. The van der Waals surface area contributed by atoms with Crippen LogP contribution in [-0.2, 0) is 16.8 Å². The lowest BCUT2D eigenvalue weighted by Crippen LogP contribution is -2.45. The molecule has 0 saturated heterocycles. The maximum Gasteiger partial charge on any atom is 0.143 e. The van der Waals surface area contributed by atoms with Crippen molar-refractivity contribution < 1.29 is 4.79 Å². The molecule has 0 aliphatic heterocycles. The molecule has 1 heterocycles. The summed E-state index contributed by atoms with van der Waals surface area (Å²) in [6.07, 6.45) is 4.66. The van der Waals surface area contributed by atoms with Gasteiger partial charge in [0.25, 0.3) is 0 Å². The minimum atomic E-state index is -0.434. The lowest BCUT2D eigenvalue weighted by atomic mass is 9.58. The second-order valence-corrected chi connectivity index (χ2v) is 7.71. The molecule has 2 aliphatic rings. The monoisotopic (exact) mass is 342 g/mol. The summed E-state index contributed by atoms with van der Waals surface area (Å²) in [5.41, 5.74) is 5.42. The molecule has 1 fully saturated rings. The number of fused-ring (bicyclic) bond motifs is 6. The summed E-state index contributed by atoms with van der Waals surface area (Å²) in [5, 5.41) is 0. The van der Waals surface area contributed by atoms with Crippen LogP contribution in [0.5, 0.6) is 0 Å². The van der Waals surface area contributed by atoms with Crippen molar-refractivity contribution in [2.45, 2.75) is 44.1 Å². The Morgan fingerprint density at radius 1 is 1.12 bits per heavy atom. The lowest BCUT2D eigenvalue weighted by Gasteiger charge is -2.45. The summed E-state index contributed by atoms with van der Waals surface area (Å²) >= 11 is 0. The van der Waals surface area contributed by atoms with Crippen molar-refractivity contribution in [2.75, 3.05) is 0 Å². The molecule has 1 saturated carbocycles. The summed E-state index contributed by atoms with van der Waals surface area (Å²) in [5.74, 6) is 0.583. The second kappa shape index (κ2) is 5.66. The van der Waals surface area contributed by atoms with Gasteiger partial charge in [-0.3, -0.25) is 4.79 Å². The summed E-state index contributed by atoms with van der Waals surface area (Å²) < 4.78 is 2.27. The first-order valence-electron chi connectivity index (χ1n) is 9.41. The minimum absolute atomic E-state index is 0.208. The van der Waals surface area contributed by atoms with Crippen molar-refractivity contribution in [2.24, 2.45) is 0 Å². The van der Waals surface area contributed by atoms with E-state index in [1.54, 1.807) is 0 Å². The number of hydrogen-bond donors (Lipinski definition) is 0. The second-order valence-electron chi connectivity index (χ2n) is 7.71. The van der Waals surface area contributed by atoms with Gasteiger partial charge in [0, 0.05) is 24.4 Å². The number of aromatic nitrogens is 2. The van der Waals surface area contributed by atoms with E-state index in [9.17, 15) is 4.79 Å². The Morgan fingerprint density at radius 3 is 2.73 bits per heavy atom. The fourth-order valence-electron chi connectivity index (χ4n) is 4.97. The van der Waals surface area contributed by atoms with Gasteiger partial charge in [0.05, 0.1) is 23.1 Å². The van der Waals surface area contributed by atoms with Crippen LogP contribution in [-0.4, -0.2) is 15.3 Å². The van der Waals surface area contributed by atoms with E-state index in [0.717, 1.165) is 36.2 Å². The predicted octanol–water partition coefficient (Wildman–Crippen LogP) is 4.71. The third-order valence-electron chi connectivity index (χ3n) is 6.32. The molecule has 2 atom stereocenters. The Kier molecular flexibility index (Phi) is 3.39. The van der Waals surface area contributed by atoms with Crippen LogP contribution in [0.15, 0.2) is 60.9 Å². The molecule has 0 unspecified atom stereocenters. The van der Waals surface area contributed by atoms with Crippen LogP contribution in [0.25, 0.3) is 11.3 Å². The third-order valence-corrected chi connectivity index (χ3v) is 6.32. The van der Waals surface area contributed by atoms with Crippen molar-refractivity contribution in [1.82, 2.24) is 9.55 Å². The number of rotatable bonds is 2. The van der Waals surface area contributed by atoms with Gasteiger partial charge in [-0.05, 0) is 30.9 Å². The van der Waals surface area contributed by atoms with E-state index in [1.807, 2.05) is 12.4 Å². The Bertz CT molecular complexity index is 988. The van der Waals surface area contributed by atoms with Crippen LogP contribution in [0, 0.1) is 0 Å². The highest BCUT2D eigenvalue weighted by atomic mass is 16.1. The van der Waals surface area contributed by atoms with Gasteiger partial charge in [-0.1, -0.05) is 54.6 Å². The molecule has 26 heavy (non-hydrogen) atoms. The Morgan fingerprint density at radius 2 is 1.88 bits per heavy atom. The Hall–Kier alpha value is -2.68. The SMILES string of the molecule is C[C@@]12C(=O)CCC[C@H]1c1c(ncn1Cc1ccccc1)-c1ccccc12. The number of imidazole rings is 1. The molecule has 3 aromatic rings. The highest BCUT2D eigenvalue weighted by Crippen LogP contribution is 2.54. The van der Waals surface area contributed by atoms with Gasteiger partial charge >= 0.3 is 0 Å². The summed E-state index contributed by atoms with van der Waals surface area (Å²) in [4.78, 5) is 17.9. The van der Waals surface area contributed by atoms with E-state index >= 15 is 0 Å². The van der Waals surface area contributed by atoms with Crippen LogP contribution >= 0.6 is 0 Å². The molecule has 0 spiro atoms. The van der Waals surface area contributed by atoms with Crippen LogP contribution in [0.4, 0.5) is 0 Å². The molecule has 2 aliphatic carbocycles. The van der Waals surface area contributed by atoms with Gasteiger partial charge in [0.15, 0.2) is 0 Å². The maximum atomic E-state index is 13.1. The van der Waals surface area contributed by atoms with Crippen molar-refractivity contribution in [3.63, 3.8) is 0 Å². The molecule has 1 aromatic heterocycles. The first-order valence-corrected chi connectivity index (χ1v) is 9.41. The molecule has 0 amide bonds. The normalized spacial score (nSPS) is 23.9. The molecule has 2 aromatic carbocycles. The zero-order valence-corrected chi connectivity index (χ0v) is 15.0. The van der Waals surface area contributed by atoms with E-state index < -0.39 is 5.41 Å². The number of carbonyl (C=O) groups is 1. The standard InChI is InChI=1S/C23H22N2O/c1-23-18-11-6-5-10-17(18)21-22(19(23)12-7-13-20(23)26)25(15-24-21)14-16-8-3-2-4-9-16/h2-6,8-11,15,19H,7,12-14H2,1H3/t19-,23-/m0/s1. The number of benzene rings is 2. The molecule has 0 radical (unpaired) electrons. The van der Waals surface area contributed by atoms with E-state index in [2.05, 4.69) is 60.0 Å². The van der Waals surface area contributed by atoms with Gasteiger partial charge in [-0.15, -0.1) is 0 Å². The van der Waals surface area contributed by atoms with E-state index in [-0.39, 0.29) is 5.92 Å². The molecular weight excluding hydrogens is 320 g/mol. The molecule has 3 nitrogen and oxygen atoms in total. The smallest absolute Gasteiger partial charge is 0.143 e. The number of ketones is 1. The van der Waals surface area contributed by atoms with Gasteiger partial charge in [0.1, 0.15) is 5.78 Å². The highest BCUT2D eigenvalue weighted by Gasteiger charge is 2.51. The number of carbonyl (C=O) groups excluding carboxylic acids is 1. The van der Waals surface area contributed by atoms with Gasteiger partial charge in [-0.2, -0.15) is 0 Å². The molecular formula is C23H22N2O. The van der Waals surface area contributed by atoms with Crippen LogP contribution in [0.3, 0.4) is 0 Å². The number of nitrogens with zero attached hydrogens (tertiary/aromatic N) is 2. The van der Waals surface area contributed by atoms with Crippen LogP contribution in [0.1, 0.15) is 48.9 Å². The van der Waals surface area contributed by atoms with Crippen molar-refractivity contribution in [3.8, 4) is 11.3 Å². The molecule has 0 bridgehead atoms. The largest absolute Gasteiger partial charge is 0.329 e.